The number of ether oxygens (including phenoxy) is 2. The van der Waals surface area contributed by atoms with Crippen molar-refractivity contribution < 1.29 is 32.3 Å². The average Bonchev–Trinajstić information content (AvgIpc) is 1.68. The molecule has 6 aromatic carbocycles. The fraction of sp³-hybridized carbons (Fsp3) is 0.103. The Morgan fingerprint density at radius 1 is 0.417 bits per heavy atom. The van der Waals surface area contributed by atoms with Crippen molar-refractivity contribution in [2.75, 3.05) is 70.2 Å². The molecule has 42 heteroatoms. The molecule has 0 aliphatic heterocycles. The molecule has 0 aliphatic rings. The Balaban J connectivity index is 0.000000123. The minimum atomic E-state index is -3.71. The lowest BCUT2D eigenvalue weighted by atomic mass is 10.2. The second-order valence-corrected chi connectivity index (χ2v) is 27.7. The van der Waals surface area contributed by atoms with Gasteiger partial charge in [0.05, 0.1) is 117 Å². The van der Waals surface area contributed by atoms with Gasteiger partial charge in [-0.2, -0.15) is 30.6 Å². The molecule has 0 fully saturated rings. The van der Waals surface area contributed by atoms with Crippen molar-refractivity contribution in [3.8, 4) is 39.9 Å². The third-order valence-electron chi connectivity index (χ3n) is 17.7. The normalized spacial score (nSPS) is 11.1. The van der Waals surface area contributed by atoms with Gasteiger partial charge in [0.1, 0.15) is 66.5 Å². The molecule has 0 atom stereocenters. The molecule has 0 bridgehead atoms. The number of aromatic nitrogens is 24. The number of nitrogens with two attached hydrogens (primary N) is 5. The number of rotatable bonds is 18. The highest BCUT2D eigenvalue weighted by Gasteiger charge is 2.19. The van der Waals surface area contributed by atoms with E-state index in [9.17, 15) is 22.8 Å². The van der Waals surface area contributed by atoms with Gasteiger partial charge in [0.2, 0.25) is 5.91 Å². The van der Waals surface area contributed by atoms with E-state index in [0.29, 0.717) is 132 Å². The van der Waals surface area contributed by atoms with Crippen molar-refractivity contribution >= 4 is 135 Å². The van der Waals surface area contributed by atoms with Gasteiger partial charge in [-0.05, 0) is 166 Å². The van der Waals surface area contributed by atoms with Crippen LogP contribution in [0.5, 0.6) is 5.75 Å². The number of hydrogen-bond acceptors (Lipinski definition) is 29. The quantitative estimate of drug-likeness (QED) is 0.0385. The lowest BCUT2D eigenvalue weighted by molar-refractivity contribution is -0.117. The van der Waals surface area contributed by atoms with Crippen molar-refractivity contribution in [3.05, 3.63) is 245 Å². The summed E-state index contributed by atoms with van der Waals surface area (Å²) >= 11 is 0. The zero-order valence-electron chi connectivity index (χ0n) is 64.4. The number of amides is 4. The van der Waals surface area contributed by atoms with Crippen LogP contribution in [0.3, 0.4) is 0 Å². The Hall–Kier alpha value is -16.8. The van der Waals surface area contributed by atoms with Gasteiger partial charge in [-0.15, -0.1) is 0 Å². The lowest BCUT2D eigenvalue weighted by Crippen LogP contribution is -2.34. The molecule has 41 nitrogen and oxygen atoms in total. The van der Waals surface area contributed by atoms with Crippen molar-refractivity contribution in [2.24, 2.45) is 7.05 Å². The fourth-order valence-electron chi connectivity index (χ4n) is 11.7. The van der Waals surface area contributed by atoms with Crippen LogP contribution in [0, 0.1) is 0 Å². The SMILES string of the molecule is CC(C)NC(=O)Nc1ccc(-n2ncc3c(N)ncnc32)cc1.COCCC(=O)Nc1ccc(-n2ncc3c(N)ncnc32)cc1.COc1ccc(S(=O)(=O)Nc2ccc(-n3ncc4c(N)ncnc43)cc2)cc1.Cn1ccnc1C(=O)Nc1ccc(-n2ncc3c(N)ncnc32)cc1.Nc1ncnc2c1cnn2-c1ccc(-n2cccn2)cc1. The number of hydrogen-bond donors (Lipinski definition) is 10. The van der Waals surface area contributed by atoms with E-state index in [1.165, 1.54) is 50.9 Å². The van der Waals surface area contributed by atoms with Gasteiger partial charge >= 0.3 is 6.03 Å². The molecule has 604 valence electrons. The number of imidazole rings is 1. The predicted octanol–water partition coefficient (Wildman–Crippen LogP) is 8.47. The van der Waals surface area contributed by atoms with Crippen molar-refractivity contribution in [3.63, 3.8) is 0 Å². The maximum atomic E-state index is 12.5. The number of methoxy groups -OCH3 is 2. The van der Waals surface area contributed by atoms with Gasteiger partial charge in [-0.25, -0.2) is 96.1 Å². The largest absolute Gasteiger partial charge is 0.497 e. The number of urea groups is 1. The first-order valence-corrected chi connectivity index (χ1v) is 37.7. The number of anilines is 9. The molecule has 12 heterocycles. The molecule has 0 radical (unpaired) electrons. The molecule has 0 unspecified atom stereocenters. The molecular weight excluding hydrogens is 1560 g/mol. The van der Waals surface area contributed by atoms with Crippen LogP contribution in [0.2, 0.25) is 0 Å². The van der Waals surface area contributed by atoms with Gasteiger partial charge in [0.25, 0.3) is 15.9 Å². The number of fused-ring (bicyclic) bond motifs is 5. The summed E-state index contributed by atoms with van der Waals surface area (Å²) in [6, 6.07) is 44.3. The Labute approximate surface area is 680 Å². The molecular formula is C78H74N34O7S. The zero-order valence-corrected chi connectivity index (χ0v) is 65.2. The van der Waals surface area contributed by atoms with Gasteiger partial charge in [-0.1, -0.05) is 0 Å². The number of carbonyl (C=O) groups excluding carboxylic acids is 3. The molecule has 120 heavy (non-hydrogen) atoms. The van der Waals surface area contributed by atoms with Gasteiger partial charge in [-0.3, -0.25) is 14.3 Å². The third-order valence-corrected chi connectivity index (χ3v) is 19.1. The van der Waals surface area contributed by atoms with E-state index >= 15 is 0 Å². The highest BCUT2D eigenvalue weighted by molar-refractivity contribution is 7.92. The monoisotopic (exact) mass is 1630 g/mol. The first-order chi connectivity index (χ1) is 58.2. The molecule has 15 N–H and O–H groups in total. The number of sulfonamides is 1. The number of carbonyl (C=O) groups is 3. The number of nitrogen functional groups attached to an aromatic ring is 5. The number of aryl methyl sites for hydroxylation is 1. The van der Waals surface area contributed by atoms with Crippen molar-refractivity contribution in [1.82, 2.24) is 123 Å². The highest BCUT2D eigenvalue weighted by Crippen LogP contribution is 2.28. The van der Waals surface area contributed by atoms with Crippen LogP contribution in [0.1, 0.15) is 30.9 Å². The van der Waals surface area contributed by atoms with Crippen LogP contribution in [0.4, 0.5) is 56.6 Å². The van der Waals surface area contributed by atoms with Gasteiger partial charge < -0.3 is 64.0 Å². The summed E-state index contributed by atoms with van der Waals surface area (Å²) < 4.78 is 49.3. The van der Waals surface area contributed by atoms with E-state index in [0.717, 1.165) is 33.8 Å². The summed E-state index contributed by atoms with van der Waals surface area (Å²) in [7, 11) is 1.14. The van der Waals surface area contributed by atoms with Crippen LogP contribution in [0.25, 0.3) is 89.3 Å². The van der Waals surface area contributed by atoms with Crippen molar-refractivity contribution in [1.29, 1.82) is 0 Å². The molecule has 18 rings (SSSR count). The zero-order chi connectivity index (χ0) is 84.0. The lowest BCUT2D eigenvalue weighted by Gasteiger charge is -2.10. The number of benzene rings is 6. The standard InChI is InChI=1S/C18H16N6O3S.C16H14N8O.C15H17N7O.C15H16N6O2.C14H11N7/c1-27-14-6-8-15(9-7-14)28(25,26)23-12-2-4-13(5-3-12)24-18-16(10-22-24)17(19)20-11-21-18;1-23-7-6-18-15(23)16(25)22-10-2-4-11(5-3-10)24-14-12(8-21-24)13(17)19-9-20-14;1-9(2)20-15(23)21-10-3-5-11(6-4-10)22-14-12(7-19-22)13(16)17-8-18-14;1-23-7-6-13(22)20-10-2-4-11(5-3-10)21-15-12(8-19-21)14(16)17-9-18-15;15-13-12-8-19-21(14(12)17-9-16-13)11-4-2-10(3-5-11)20-7-1-6-18-20/h2-11,23H,1H3,(H2,19,20,21);2-9H,1H3,(H,22,25)(H2,17,19,20);3-9H,1-2H3,(H2,16,17,18)(H2,20,21,23);2-5,8-9H,6-7H2,1H3,(H,20,22)(H2,16,17,18);1-9H,(H2,15,16,17). The van der Waals surface area contributed by atoms with Crippen LogP contribution >= 0.6 is 0 Å². The summed E-state index contributed by atoms with van der Waals surface area (Å²) in [5.41, 5.74) is 39.7. The van der Waals surface area contributed by atoms with E-state index in [2.05, 4.69) is 111 Å². The summed E-state index contributed by atoms with van der Waals surface area (Å²) in [6.07, 6.45) is 22.4. The summed E-state index contributed by atoms with van der Waals surface area (Å²) in [5.74, 6) is 2.51. The van der Waals surface area contributed by atoms with E-state index in [1.807, 2.05) is 86.8 Å². The van der Waals surface area contributed by atoms with E-state index in [1.54, 1.807) is 169 Å². The minimum Gasteiger partial charge on any atom is -0.497 e. The topological polar surface area (TPSA) is 548 Å². The maximum Gasteiger partial charge on any atom is 0.319 e. The second-order valence-electron chi connectivity index (χ2n) is 26.1. The molecule has 4 amide bonds. The molecule has 0 spiro atoms. The first kappa shape index (κ1) is 79.8. The molecule has 12 aromatic heterocycles. The van der Waals surface area contributed by atoms with Crippen molar-refractivity contribution in [2.45, 2.75) is 31.2 Å². The number of nitrogens with zero attached hydrogens (tertiary/aromatic N) is 24. The van der Waals surface area contributed by atoms with Gasteiger partial charge in [0.15, 0.2) is 34.1 Å². The Kier molecular flexibility index (Phi) is 23.8. The summed E-state index contributed by atoms with van der Waals surface area (Å²) in [6.45, 7) is 4.20. The summed E-state index contributed by atoms with van der Waals surface area (Å²) in [5, 5.41) is 40.3. The van der Waals surface area contributed by atoms with E-state index < -0.39 is 10.0 Å². The van der Waals surface area contributed by atoms with Crippen LogP contribution in [-0.2, 0) is 26.6 Å². The number of nitrogens with one attached hydrogen (secondary N) is 5. The van der Waals surface area contributed by atoms with Gasteiger partial charge in [0, 0.05) is 67.7 Å². The first-order valence-electron chi connectivity index (χ1n) is 36.2. The Morgan fingerprint density at radius 3 is 1.12 bits per heavy atom. The fourth-order valence-corrected chi connectivity index (χ4v) is 12.8. The average molecular weight is 1630 g/mol. The molecule has 0 saturated carbocycles. The predicted molar refractivity (Wildman–Crippen MR) is 450 cm³/mol. The maximum absolute atomic E-state index is 12.5. The second kappa shape index (κ2) is 35.7. The Morgan fingerprint density at radius 2 is 0.775 bits per heavy atom. The highest BCUT2D eigenvalue weighted by atomic mass is 32.2. The van der Waals surface area contributed by atoms with E-state index in [-0.39, 0.29) is 28.8 Å². The van der Waals surface area contributed by atoms with Crippen LogP contribution in [-0.4, -0.2) is 171 Å². The molecule has 0 aliphatic carbocycles. The smallest absolute Gasteiger partial charge is 0.319 e. The Bertz CT molecular complexity index is 6740. The summed E-state index contributed by atoms with van der Waals surface area (Å²) in [4.78, 5) is 80.5. The van der Waals surface area contributed by atoms with Crippen LogP contribution in [0.15, 0.2) is 244 Å². The molecule has 18 aromatic rings. The van der Waals surface area contributed by atoms with E-state index in [4.69, 9.17) is 38.1 Å². The third kappa shape index (κ3) is 18.2. The molecule has 0 saturated heterocycles. The minimum absolute atomic E-state index is 0.0786. The van der Waals surface area contributed by atoms with Crippen LogP contribution < -0.4 is 59.4 Å².